The maximum atomic E-state index is 12.3. The first-order chi connectivity index (χ1) is 11.5. The molecule has 24 heavy (non-hydrogen) atoms. The second-order valence-corrected chi connectivity index (χ2v) is 5.57. The summed E-state index contributed by atoms with van der Waals surface area (Å²) in [5.74, 6) is -0.742. The van der Waals surface area contributed by atoms with Crippen molar-refractivity contribution in [1.82, 2.24) is 5.32 Å². The summed E-state index contributed by atoms with van der Waals surface area (Å²) in [5.41, 5.74) is 7.88. The number of benzene rings is 2. The van der Waals surface area contributed by atoms with Crippen LogP contribution in [0.15, 0.2) is 48.5 Å². The van der Waals surface area contributed by atoms with Gasteiger partial charge in [-0.1, -0.05) is 42.5 Å². The van der Waals surface area contributed by atoms with Gasteiger partial charge in [0.15, 0.2) is 5.78 Å². The van der Waals surface area contributed by atoms with Crippen molar-refractivity contribution in [3.8, 4) is 0 Å². The fraction of sp³-hybridized carbons (Fsp3) is 0.211. The Kier molecular flexibility index (Phi) is 5.84. The molecule has 5 heteroatoms. The zero-order chi connectivity index (χ0) is 17.5. The minimum Gasteiger partial charge on any atom is -0.370 e. The minimum absolute atomic E-state index is 0.139. The van der Waals surface area contributed by atoms with Gasteiger partial charge in [0.05, 0.1) is 5.56 Å². The van der Waals surface area contributed by atoms with Gasteiger partial charge in [-0.2, -0.15) is 0 Å². The molecule has 0 heterocycles. The van der Waals surface area contributed by atoms with E-state index in [0.717, 1.165) is 11.1 Å². The van der Waals surface area contributed by atoms with Crippen molar-refractivity contribution in [1.29, 1.82) is 0 Å². The summed E-state index contributed by atoms with van der Waals surface area (Å²) in [6.07, 6.45) is 0.922. The number of ketones is 1. The molecule has 0 aromatic heterocycles. The minimum atomic E-state index is -0.324. The lowest BCUT2D eigenvalue weighted by Crippen LogP contribution is -2.24. The highest BCUT2D eigenvalue weighted by Crippen LogP contribution is 2.11. The molecular weight excluding hydrogens is 304 g/mol. The smallest absolute Gasteiger partial charge is 0.252 e. The van der Waals surface area contributed by atoms with Crippen LogP contribution in [0.4, 0.5) is 0 Å². The molecule has 2 aromatic rings. The zero-order valence-electron chi connectivity index (χ0n) is 13.5. The quantitative estimate of drug-likeness (QED) is 0.765. The standard InChI is InChI=1S/C19H20N2O3/c1-13(22)16-4-2-3-5-17(16)19(24)21-12-15-8-6-14(7-9-15)10-11-18(20)23/h2-9H,10-12H2,1H3,(H2,20,23)(H,21,24). The molecule has 0 aliphatic heterocycles. The van der Waals surface area contributed by atoms with E-state index in [-0.39, 0.29) is 17.6 Å². The van der Waals surface area contributed by atoms with Crippen molar-refractivity contribution < 1.29 is 14.4 Å². The van der Waals surface area contributed by atoms with E-state index < -0.39 is 0 Å². The van der Waals surface area contributed by atoms with Gasteiger partial charge >= 0.3 is 0 Å². The number of aryl methyl sites for hydroxylation is 1. The van der Waals surface area contributed by atoms with Crippen LogP contribution in [0.5, 0.6) is 0 Å². The molecule has 2 rings (SSSR count). The molecule has 0 unspecified atom stereocenters. The summed E-state index contributed by atoms with van der Waals surface area (Å²) in [7, 11) is 0. The van der Waals surface area contributed by atoms with Crippen molar-refractivity contribution in [2.75, 3.05) is 0 Å². The van der Waals surface area contributed by atoms with E-state index in [2.05, 4.69) is 5.32 Å². The van der Waals surface area contributed by atoms with Crippen LogP contribution >= 0.6 is 0 Å². The van der Waals surface area contributed by atoms with E-state index in [1.54, 1.807) is 24.3 Å². The topological polar surface area (TPSA) is 89.3 Å². The maximum Gasteiger partial charge on any atom is 0.252 e. The van der Waals surface area contributed by atoms with Gasteiger partial charge in [0, 0.05) is 18.5 Å². The average molecular weight is 324 g/mol. The molecule has 0 aliphatic rings. The molecule has 0 aliphatic carbocycles. The molecule has 0 atom stereocenters. The van der Waals surface area contributed by atoms with E-state index in [4.69, 9.17) is 5.73 Å². The van der Waals surface area contributed by atoms with Crippen LogP contribution < -0.4 is 11.1 Å². The molecule has 0 saturated heterocycles. The molecule has 0 radical (unpaired) electrons. The lowest BCUT2D eigenvalue weighted by atomic mass is 10.0. The summed E-state index contributed by atoms with van der Waals surface area (Å²) in [6, 6.07) is 14.4. The monoisotopic (exact) mass is 324 g/mol. The summed E-state index contributed by atoms with van der Waals surface area (Å²) in [5, 5.41) is 2.81. The highest BCUT2D eigenvalue weighted by atomic mass is 16.2. The first-order valence-corrected chi connectivity index (χ1v) is 7.71. The highest BCUT2D eigenvalue weighted by Gasteiger charge is 2.13. The average Bonchev–Trinajstić information content (AvgIpc) is 2.58. The fourth-order valence-corrected chi connectivity index (χ4v) is 2.36. The van der Waals surface area contributed by atoms with Gasteiger partial charge in [-0.25, -0.2) is 0 Å². The van der Waals surface area contributed by atoms with Gasteiger partial charge in [-0.3, -0.25) is 14.4 Å². The number of hydrogen-bond acceptors (Lipinski definition) is 3. The Balaban J connectivity index is 1.97. The molecule has 3 N–H and O–H groups in total. The van der Waals surface area contributed by atoms with Crippen LogP contribution in [0.25, 0.3) is 0 Å². The summed E-state index contributed by atoms with van der Waals surface area (Å²) >= 11 is 0. The number of Topliss-reactive ketones (excluding diaryl/α,β-unsaturated/α-hetero) is 1. The first-order valence-electron chi connectivity index (χ1n) is 7.71. The highest BCUT2D eigenvalue weighted by molar-refractivity contribution is 6.07. The van der Waals surface area contributed by atoms with Crippen molar-refractivity contribution in [3.05, 3.63) is 70.8 Å². The molecule has 124 valence electrons. The number of amides is 2. The summed E-state index contributed by atoms with van der Waals surface area (Å²) in [6.45, 7) is 1.80. The van der Waals surface area contributed by atoms with Crippen molar-refractivity contribution in [2.24, 2.45) is 5.73 Å². The molecule has 0 spiro atoms. The van der Waals surface area contributed by atoms with Crippen molar-refractivity contribution in [2.45, 2.75) is 26.3 Å². The number of nitrogens with one attached hydrogen (secondary N) is 1. The third-order valence-corrected chi connectivity index (χ3v) is 3.69. The molecule has 5 nitrogen and oxygen atoms in total. The number of nitrogens with two attached hydrogens (primary N) is 1. The lowest BCUT2D eigenvalue weighted by molar-refractivity contribution is -0.117. The maximum absolute atomic E-state index is 12.3. The Bertz CT molecular complexity index is 751. The summed E-state index contributed by atoms with van der Waals surface area (Å²) < 4.78 is 0. The number of carbonyl (C=O) groups is 3. The molecule has 0 fully saturated rings. The predicted octanol–water partition coefficient (Wildman–Crippen LogP) is 2.24. The van der Waals surface area contributed by atoms with Crippen molar-refractivity contribution in [3.63, 3.8) is 0 Å². The Hall–Kier alpha value is -2.95. The van der Waals surface area contributed by atoms with Gasteiger partial charge in [0.25, 0.3) is 5.91 Å². The SMILES string of the molecule is CC(=O)c1ccccc1C(=O)NCc1ccc(CCC(N)=O)cc1. The summed E-state index contributed by atoms with van der Waals surface area (Å²) in [4.78, 5) is 34.6. The normalized spacial score (nSPS) is 10.2. The van der Waals surface area contributed by atoms with Crippen LogP contribution in [0, 0.1) is 0 Å². The molecular formula is C19H20N2O3. The van der Waals surface area contributed by atoms with Crippen molar-refractivity contribution >= 4 is 17.6 Å². The number of rotatable bonds is 7. The van der Waals surface area contributed by atoms with Crippen LogP contribution in [0.2, 0.25) is 0 Å². The van der Waals surface area contributed by atoms with Gasteiger partial charge in [0.2, 0.25) is 5.91 Å². The third kappa shape index (κ3) is 4.78. The first kappa shape index (κ1) is 17.4. The van der Waals surface area contributed by atoms with Crippen LogP contribution in [0.3, 0.4) is 0 Å². The molecule has 0 saturated carbocycles. The third-order valence-electron chi connectivity index (χ3n) is 3.69. The van der Waals surface area contributed by atoms with E-state index >= 15 is 0 Å². The molecule has 0 bridgehead atoms. The van der Waals surface area contributed by atoms with Gasteiger partial charge in [-0.05, 0) is 30.5 Å². The Labute approximate surface area is 140 Å². The van der Waals surface area contributed by atoms with Gasteiger partial charge in [0.1, 0.15) is 0 Å². The fourth-order valence-electron chi connectivity index (χ4n) is 2.36. The van der Waals surface area contributed by atoms with E-state index in [1.807, 2.05) is 24.3 Å². The van der Waals surface area contributed by atoms with E-state index in [9.17, 15) is 14.4 Å². The van der Waals surface area contributed by atoms with Gasteiger partial charge in [-0.15, -0.1) is 0 Å². The van der Waals surface area contributed by atoms with Crippen LogP contribution in [-0.2, 0) is 17.8 Å². The second-order valence-electron chi connectivity index (χ2n) is 5.57. The number of hydrogen-bond donors (Lipinski definition) is 2. The second kappa shape index (κ2) is 8.06. The number of primary amides is 1. The largest absolute Gasteiger partial charge is 0.370 e. The number of carbonyl (C=O) groups excluding carboxylic acids is 3. The van der Waals surface area contributed by atoms with E-state index in [1.165, 1.54) is 6.92 Å². The van der Waals surface area contributed by atoms with Crippen LogP contribution in [0.1, 0.15) is 45.2 Å². The zero-order valence-corrected chi connectivity index (χ0v) is 13.5. The molecule has 2 amide bonds. The Morgan fingerprint density at radius 1 is 0.917 bits per heavy atom. The predicted molar refractivity (Wildman–Crippen MR) is 91.6 cm³/mol. The lowest BCUT2D eigenvalue weighted by Gasteiger charge is -2.09. The Morgan fingerprint density at radius 3 is 2.08 bits per heavy atom. The molecule has 2 aromatic carbocycles. The van der Waals surface area contributed by atoms with Gasteiger partial charge < -0.3 is 11.1 Å². The Morgan fingerprint density at radius 2 is 1.50 bits per heavy atom. The van der Waals surface area contributed by atoms with E-state index in [0.29, 0.717) is 30.5 Å². The van der Waals surface area contributed by atoms with Crippen LogP contribution in [-0.4, -0.2) is 17.6 Å².